The fraction of sp³-hybridized carbons (Fsp3) is 0.640. The summed E-state index contributed by atoms with van der Waals surface area (Å²) in [5.74, 6) is 0. The zero-order chi connectivity index (χ0) is 23.8. The van der Waals surface area contributed by atoms with Gasteiger partial charge in [-0.2, -0.15) is 0 Å². The molecule has 2 aliphatic carbocycles. The first-order chi connectivity index (χ1) is 16.4. The van der Waals surface area contributed by atoms with Gasteiger partial charge in [-0.05, 0) is 57.6 Å². The maximum atomic E-state index is 13.7. The standard InChI is InChI=1S/C25H36N6O3/c1-26-25(20-6-3-2-4-7-20)12-10-23(11-13-25)18-29(16-21-17-30(14-15-32)28-27-21)22(33)31(23)19-24(34)8-5-9-24/h2-4,6-7,17,26,32,34H,5,8-16,18-19H2,1H3/t23-,25-. The van der Waals surface area contributed by atoms with E-state index >= 15 is 0 Å². The molecule has 2 aromatic rings. The van der Waals surface area contributed by atoms with E-state index in [2.05, 4.69) is 39.9 Å². The molecule has 1 saturated heterocycles. The SMILES string of the molecule is CN[C@]1(c2ccccc2)CC[C@@]2(CC1)CN(Cc1cn(CCO)nn1)C(=O)N2CC1(O)CCC1. The van der Waals surface area contributed by atoms with Crippen LogP contribution in [0.2, 0.25) is 0 Å². The van der Waals surface area contributed by atoms with Crippen LogP contribution < -0.4 is 5.32 Å². The monoisotopic (exact) mass is 468 g/mol. The Morgan fingerprint density at radius 2 is 1.82 bits per heavy atom. The molecule has 5 rings (SSSR count). The number of benzene rings is 1. The quantitative estimate of drug-likeness (QED) is 0.546. The number of carbonyl (C=O) groups excluding carboxylic acids is 1. The summed E-state index contributed by atoms with van der Waals surface area (Å²) in [6.45, 7) is 1.79. The molecule has 0 unspecified atom stereocenters. The molecule has 2 saturated carbocycles. The van der Waals surface area contributed by atoms with Gasteiger partial charge in [-0.15, -0.1) is 5.10 Å². The average molecular weight is 469 g/mol. The van der Waals surface area contributed by atoms with Gasteiger partial charge in [0.2, 0.25) is 0 Å². The molecule has 1 aromatic carbocycles. The first kappa shape index (κ1) is 23.3. The molecule has 0 bridgehead atoms. The second-order valence-electron chi connectivity index (χ2n) is 10.4. The third-order valence-electron chi connectivity index (χ3n) is 8.40. The number of aliphatic hydroxyl groups excluding tert-OH is 1. The Kier molecular flexibility index (Phi) is 6.12. The lowest BCUT2D eigenvalue weighted by Gasteiger charge is -2.50. The second kappa shape index (κ2) is 8.94. The fourth-order valence-corrected chi connectivity index (χ4v) is 6.11. The molecule has 9 heteroatoms. The van der Waals surface area contributed by atoms with Crippen molar-refractivity contribution in [2.75, 3.05) is 26.7 Å². The number of aromatic nitrogens is 3. The van der Waals surface area contributed by atoms with Gasteiger partial charge >= 0.3 is 6.03 Å². The van der Waals surface area contributed by atoms with Crippen LogP contribution in [0.15, 0.2) is 36.5 Å². The van der Waals surface area contributed by atoms with E-state index in [0.717, 1.165) is 44.9 Å². The molecule has 34 heavy (non-hydrogen) atoms. The number of nitrogens with one attached hydrogen (secondary N) is 1. The second-order valence-corrected chi connectivity index (χ2v) is 10.4. The van der Waals surface area contributed by atoms with Crippen LogP contribution >= 0.6 is 0 Å². The van der Waals surface area contributed by atoms with Gasteiger partial charge in [-0.1, -0.05) is 35.5 Å². The van der Waals surface area contributed by atoms with Gasteiger partial charge in [0, 0.05) is 12.1 Å². The number of rotatable bonds is 8. The summed E-state index contributed by atoms with van der Waals surface area (Å²) in [6.07, 6.45) is 7.92. The van der Waals surface area contributed by atoms with Gasteiger partial charge in [0.15, 0.2) is 0 Å². The number of nitrogens with zero attached hydrogens (tertiary/aromatic N) is 5. The molecule has 0 atom stereocenters. The van der Waals surface area contributed by atoms with Crippen LogP contribution in [0.1, 0.15) is 56.2 Å². The average Bonchev–Trinajstić information content (AvgIpc) is 3.38. The zero-order valence-corrected chi connectivity index (χ0v) is 20.0. The molecule has 1 aromatic heterocycles. The maximum Gasteiger partial charge on any atom is 0.321 e. The number of urea groups is 1. The van der Waals surface area contributed by atoms with E-state index in [9.17, 15) is 9.90 Å². The fourth-order valence-electron chi connectivity index (χ4n) is 6.11. The number of β-amino-alcohol motifs (C(OH)–C–C–N with tert-alkyl or cyclic N) is 1. The van der Waals surface area contributed by atoms with E-state index in [-0.39, 0.29) is 23.7 Å². The summed E-state index contributed by atoms with van der Waals surface area (Å²) in [6, 6.07) is 10.6. The minimum atomic E-state index is -0.764. The Hall–Kier alpha value is -2.49. The van der Waals surface area contributed by atoms with E-state index < -0.39 is 5.60 Å². The summed E-state index contributed by atoms with van der Waals surface area (Å²) >= 11 is 0. The van der Waals surface area contributed by atoms with Crippen molar-refractivity contribution in [2.45, 2.75) is 74.7 Å². The summed E-state index contributed by atoms with van der Waals surface area (Å²) < 4.78 is 1.60. The van der Waals surface area contributed by atoms with E-state index in [1.165, 1.54) is 5.56 Å². The molecule has 1 spiro atoms. The lowest BCUT2D eigenvalue weighted by molar-refractivity contribution is -0.0690. The molecule has 0 radical (unpaired) electrons. The van der Waals surface area contributed by atoms with Crippen LogP contribution in [0.3, 0.4) is 0 Å². The van der Waals surface area contributed by atoms with Crippen molar-refractivity contribution in [1.29, 1.82) is 0 Å². The number of carbonyl (C=O) groups is 1. The summed E-state index contributed by atoms with van der Waals surface area (Å²) in [4.78, 5) is 17.5. The lowest BCUT2D eigenvalue weighted by Crippen LogP contribution is -2.59. The van der Waals surface area contributed by atoms with Crippen molar-refractivity contribution in [1.82, 2.24) is 30.1 Å². The van der Waals surface area contributed by atoms with Crippen molar-refractivity contribution in [3.05, 3.63) is 47.8 Å². The smallest absolute Gasteiger partial charge is 0.321 e. The van der Waals surface area contributed by atoms with E-state index in [1.807, 2.05) is 22.9 Å². The minimum absolute atomic E-state index is 0.00442. The van der Waals surface area contributed by atoms with Crippen LogP contribution in [0.4, 0.5) is 4.79 Å². The molecule has 3 N–H and O–H groups in total. The predicted octanol–water partition coefficient (Wildman–Crippen LogP) is 1.85. The van der Waals surface area contributed by atoms with Crippen LogP contribution in [0, 0.1) is 0 Å². The van der Waals surface area contributed by atoms with Crippen molar-refractivity contribution in [3.63, 3.8) is 0 Å². The van der Waals surface area contributed by atoms with Gasteiger partial charge in [-0.3, -0.25) is 0 Å². The van der Waals surface area contributed by atoms with E-state index in [1.54, 1.807) is 10.9 Å². The normalized spacial score (nSPS) is 28.5. The molecule has 3 aliphatic rings. The Bertz CT molecular complexity index is 997. The van der Waals surface area contributed by atoms with E-state index in [0.29, 0.717) is 31.9 Å². The molecular weight excluding hydrogens is 432 g/mol. The summed E-state index contributed by atoms with van der Waals surface area (Å²) in [5, 5.41) is 32.0. The Balaban J connectivity index is 1.38. The molecular formula is C25H36N6O3. The molecule has 2 heterocycles. The van der Waals surface area contributed by atoms with Gasteiger partial charge in [0.1, 0.15) is 5.69 Å². The molecule has 9 nitrogen and oxygen atoms in total. The number of amides is 2. The van der Waals surface area contributed by atoms with Crippen LogP contribution in [-0.2, 0) is 18.6 Å². The first-order valence-corrected chi connectivity index (χ1v) is 12.4. The summed E-state index contributed by atoms with van der Waals surface area (Å²) in [7, 11) is 2.03. The Morgan fingerprint density at radius 1 is 1.09 bits per heavy atom. The molecule has 3 fully saturated rings. The molecule has 184 valence electrons. The van der Waals surface area contributed by atoms with Crippen molar-refractivity contribution >= 4 is 6.03 Å². The highest BCUT2D eigenvalue weighted by Gasteiger charge is 2.55. The first-order valence-electron chi connectivity index (χ1n) is 12.4. The number of hydrogen-bond donors (Lipinski definition) is 3. The zero-order valence-electron chi connectivity index (χ0n) is 20.0. The summed E-state index contributed by atoms with van der Waals surface area (Å²) in [5.41, 5.74) is 0.845. The van der Waals surface area contributed by atoms with Gasteiger partial charge in [0.25, 0.3) is 0 Å². The van der Waals surface area contributed by atoms with Gasteiger partial charge in [0.05, 0.1) is 43.6 Å². The maximum absolute atomic E-state index is 13.7. The number of aliphatic hydroxyl groups is 2. The van der Waals surface area contributed by atoms with Crippen LogP contribution in [-0.4, -0.2) is 78.9 Å². The highest BCUT2D eigenvalue weighted by molar-refractivity contribution is 5.78. The van der Waals surface area contributed by atoms with Crippen molar-refractivity contribution in [3.8, 4) is 0 Å². The van der Waals surface area contributed by atoms with Crippen molar-refractivity contribution < 1.29 is 15.0 Å². The largest absolute Gasteiger partial charge is 0.394 e. The van der Waals surface area contributed by atoms with Gasteiger partial charge in [-0.25, -0.2) is 9.48 Å². The Labute approximate surface area is 200 Å². The third-order valence-corrected chi connectivity index (χ3v) is 8.40. The van der Waals surface area contributed by atoms with Crippen LogP contribution in [0.25, 0.3) is 0 Å². The van der Waals surface area contributed by atoms with E-state index in [4.69, 9.17) is 5.11 Å². The topological polar surface area (TPSA) is 107 Å². The third kappa shape index (κ3) is 4.10. The van der Waals surface area contributed by atoms with Crippen molar-refractivity contribution in [2.24, 2.45) is 0 Å². The number of hydrogen-bond acceptors (Lipinski definition) is 6. The highest BCUT2D eigenvalue weighted by atomic mass is 16.3. The highest BCUT2D eigenvalue weighted by Crippen LogP contribution is 2.48. The Morgan fingerprint density at radius 3 is 2.44 bits per heavy atom. The molecule has 2 amide bonds. The predicted molar refractivity (Wildman–Crippen MR) is 127 cm³/mol. The van der Waals surface area contributed by atoms with Gasteiger partial charge < -0.3 is 25.3 Å². The van der Waals surface area contributed by atoms with Crippen LogP contribution in [0.5, 0.6) is 0 Å². The minimum Gasteiger partial charge on any atom is -0.394 e. The molecule has 1 aliphatic heterocycles. The lowest BCUT2D eigenvalue weighted by atomic mass is 9.68.